The van der Waals surface area contributed by atoms with E-state index in [2.05, 4.69) is 5.32 Å². The summed E-state index contributed by atoms with van der Waals surface area (Å²) in [7, 11) is -3.62. The van der Waals surface area contributed by atoms with Crippen LogP contribution in [0.15, 0.2) is 41.3 Å². The fraction of sp³-hybridized carbons (Fsp3) is 0.500. The Balaban J connectivity index is 1.33. The Labute approximate surface area is 200 Å². The van der Waals surface area contributed by atoms with E-state index in [4.69, 9.17) is 17.0 Å². The quantitative estimate of drug-likeness (QED) is 0.606. The maximum atomic E-state index is 13.2. The highest BCUT2D eigenvalue weighted by molar-refractivity contribution is 7.89. The van der Waals surface area contributed by atoms with Gasteiger partial charge < -0.3 is 15.6 Å². The van der Waals surface area contributed by atoms with Crippen molar-refractivity contribution < 1.29 is 13.2 Å². The van der Waals surface area contributed by atoms with Crippen LogP contribution in [0.4, 0.5) is 0 Å². The lowest BCUT2D eigenvalue weighted by atomic mass is 9.85. The second-order valence-electron chi connectivity index (χ2n) is 9.09. The summed E-state index contributed by atoms with van der Waals surface area (Å²) in [5.41, 5.74) is 0.620. The normalized spacial score (nSPS) is 22.4. The van der Waals surface area contributed by atoms with Gasteiger partial charge in [-0.25, -0.2) is 8.42 Å². The second kappa shape index (κ2) is 10.1. The standard InChI is InChI=1S/C24H31ClN4O3S/c1-17(26)16-27-22-7-3-18(4-8-22)24(30)28-10-12-29(13-11-28)33(31,32)23-9-5-19-14-21(25)6-2-20(19)15-23/h2,5-6,9,14-15,18,22,26-27H,3-4,7-8,10-13,16H2,1H3. The Hall–Kier alpha value is -2.00. The number of nitrogens with one attached hydrogen (secondary N) is 2. The summed E-state index contributed by atoms with van der Waals surface area (Å²) in [6.07, 6.45) is 3.55. The first-order valence-corrected chi connectivity index (χ1v) is 13.3. The molecule has 4 rings (SSSR count). The Bertz CT molecular complexity index is 1140. The van der Waals surface area contributed by atoms with Crippen molar-refractivity contribution in [2.45, 2.75) is 43.5 Å². The summed E-state index contributed by atoms with van der Waals surface area (Å²) >= 11 is 6.03. The van der Waals surface area contributed by atoms with Crippen molar-refractivity contribution in [2.24, 2.45) is 5.92 Å². The summed E-state index contributed by atoms with van der Waals surface area (Å²) in [5, 5.41) is 13.3. The Kier molecular flexibility index (Phi) is 7.38. The molecule has 1 heterocycles. The first kappa shape index (κ1) is 24.1. The molecule has 1 amide bonds. The molecule has 2 fully saturated rings. The highest BCUT2D eigenvalue weighted by atomic mass is 35.5. The lowest BCUT2D eigenvalue weighted by molar-refractivity contribution is -0.137. The van der Waals surface area contributed by atoms with Gasteiger partial charge in [-0.2, -0.15) is 4.31 Å². The van der Waals surface area contributed by atoms with Crippen LogP contribution in [0.1, 0.15) is 32.6 Å². The van der Waals surface area contributed by atoms with Gasteiger partial charge >= 0.3 is 0 Å². The van der Waals surface area contributed by atoms with Crippen LogP contribution in [-0.2, 0) is 14.8 Å². The Morgan fingerprint density at radius 1 is 1.03 bits per heavy atom. The molecule has 7 nitrogen and oxygen atoms in total. The van der Waals surface area contributed by atoms with Crippen LogP contribution in [0.3, 0.4) is 0 Å². The number of fused-ring (bicyclic) bond motifs is 1. The summed E-state index contributed by atoms with van der Waals surface area (Å²) in [6, 6.07) is 10.9. The van der Waals surface area contributed by atoms with E-state index in [1.807, 2.05) is 17.0 Å². The zero-order valence-corrected chi connectivity index (χ0v) is 20.5. The van der Waals surface area contributed by atoms with E-state index in [9.17, 15) is 13.2 Å². The first-order chi connectivity index (χ1) is 15.7. The molecule has 1 saturated heterocycles. The van der Waals surface area contributed by atoms with Gasteiger partial charge in [0.15, 0.2) is 0 Å². The average molecular weight is 491 g/mol. The number of nitrogens with zero attached hydrogens (tertiary/aromatic N) is 2. The van der Waals surface area contributed by atoms with Gasteiger partial charge in [0.25, 0.3) is 0 Å². The maximum Gasteiger partial charge on any atom is 0.243 e. The van der Waals surface area contributed by atoms with Crippen molar-refractivity contribution in [2.75, 3.05) is 32.7 Å². The number of carbonyl (C=O) groups is 1. The van der Waals surface area contributed by atoms with Gasteiger partial charge in [0.1, 0.15) is 0 Å². The summed E-state index contributed by atoms with van der Waals surface area (Å²) < 4.78 is 27.9. The molecule has 0 spiro atoms. The fourth-order valence-corrected chi connectivity index (χ4v) is 6.39. The van der Waals surface area contributed by atoms with E-state index in [0.29, 0.717) is 49.5 Å². The van der Waals surface area contributed by atoms with Crippen LogP contribution in [0.2, 0.25) is 5.02 Å². The van der Waals surface area contributed by atoms with E-state index in [1.165, 1.54) is 4.31 Å². The van der Waals surface area contributed by atoms with Gasteiger partial charge in [-0.3, -0.25) is 4.79 Å². The molecule has 0 bridgehead atoms. The third-order valence-electron chi connectivity index (χ3n) is 6.69. The molecule has 2 N–H and O–H groups in total. The number of hydrogen-bond acceptors (Lipinski definition) is 5. The maximum absolute atomic E-state index is 13.2. The molecule has 0 unspecified atom stereocenters. The number of carbonyl (C=O) groups excluding carboxylic acids is 1. The smallest absolute Gasteiger partial charge is 0.243 e. The molecular weight excluding hydrogens is 460 g/mol. The Morgan fingerprint density at radius 2 is 1.67 bits per heavy atom. The van der Waals surface area contributed by atoms with Crippen molar-refractivity contribution in [1.29, 1.82) is 5.41 Å². The summed E-state index contributed by atoms with van der Waals surface area (Å²) in [6.45, 7) is 3.85. The predicted octanol–water partition coefficient (Wildman–Crippen LogP) is 3.51. The van der Waals surface area contributed by atoms with Crippen LogP contribution in [0.5, 0.6) is 0 Å². The van der Waals surface area contributed by atoms with E-state index >= 15 is 0 Å². The Morgan fingerprint density at radius 3 is 2.33 bits per heavy atom. The average Bonchev–Trinajstić information content (AvgIpc) is 2.82. The van der Waals surface area contributed by atoms with Crippen LogP contribution >= 0.6 is 11.6 Å². The number of amides is 1. The first-order valence-electron chi connectivity index (χ1n) is 11.5. The fourth-order valence-electron chi connectivity index (χ4n) is 4.75. The molecule has 9 heteroatoms. The molecule has 1 saturated carbocycles. The lowest BCUT2D eigenvalue weighted by Gasteiger charge is -2.37. The van der Waals surface area contributed by atoms with Crippen molar-refractivity contribution in [3.05, 3.63) is 41.4 Å². The van der Waals surface area contributed by atoms with Gasteiger partial charge in [-0.15, -0.1) is 0 Å². The second-order valence-corrected chi connectivity index (χ2v) is 11.5. The molecule has 1 aliphatic carbocycles. The largest absolute Gasteiger partial charge is 0.340 e. The van der Waals surface area contributed by atoms with Crippen LogP contribution < -0.4 is 5.32 Å². The lowest BCUT2D eigenvalue weighted by Crippen LogP contribution is -2.52. The predicted molar refractivity (Wildman–Crippen MR) is 131 cm³/mol. The van der Waals surface area contributed by atoms with Gasteiger partial charge in [0.05, 0.1) is 4.90 Å². The van der Waals surface area contributed by atoms with Crippen molar-refractivity contribution in [3.63, 3.8) is 0 Å². The SMILES string of the molecule is CC(=N)CNC1CCC(C(=O)N2CCN(S(=O)(=O)c3ccc4cc(Cl)ccc4c3)CC2)CC1. The number of sulfonamides is 1. The van der Waals surface area contributed by atoms with Crippen molar-refractivity contribution >= 4 is 44.0 Å². The molecule has 0 atom stereocenters. The highest BCUT2D eigenvalue weighted by Crippen LogP contribution is 2.28. The summed E-state index contributed by atoms with van der Waals surface area (Å²) in [5.74, 6) is 0.163. The molecule has 33 heavy (non-hydrogen) atoms. The van der Waals surface area contributed by atoms with Gasteiger partial charge in [0, 0.05) is 55.4 Å². The third kappa shape index (κ3) is 5.57. The zero-order valence-electron chi connectivity index (χ0n) is 18.9. The minimum atomic E-state index is -3.62. The van der Waals surface area contributed by atoms with E-state index in [0.717, 1.165) is 36.5 Å². The monoisotopic (exact) mass is 490 g/mol. The van der Waals surface area contributed by atoms with E-state index < -0.39 is 10.0 Å². The van der Waals surface area contributed by atoms with Crippen LogP contribution in [-0.4, -0.2) is 68.0 Å². The molecule has 0 aromatic heterocycles. The number of halogens is 1. The molecule has 0 radical (unpaired) electrons. The number of piperazine rings is 1. The molecule has 2 aromatic carbocycles. The minimum absolute atomic E-state index is 0.0135. The molecule has 1 aliphatic heterocycles. The number of benzene rings is 2. The topological polar surface area (TPSA) is 93.6 Å². The third-order valence-corrected chi connectivity index (χ3v) is 8.82. The zero-order chi connectivity index (χ0) is 23.6. The van der Waals surface area contributed by atoms with E-state index in [-0.39, 0.29) is 16.7 Å². The van der Waals surface area contributed by atoms with E-state index in [1.54, 1.807) is 31.2 Å². The molecule has 2 aliphatic rings. The van der Waals surface area contributed by atoms with Crippen LogP contribution in [0.25, 0.3) is 10.8 Å². The van der Waals surface area contributed by atoms with Gasteiger partial charge in [-0.1, -0.05) is 23.7 Å². The summed E-state index contributed by atoms with van der Waals surface area (Å²) in [4.78, 5) is 15.1. The van der Waals surface area contributed by atoms with Crippen molar-refractivity contribution in [3.8, 4) is 0 Å². The van der Waals surface area contributed by atoms with Gasteiger partial charge in [-0.05, 0) is 67.6 Å². The van der Waals surface area contributed by atoms with Gasteiger partial charge in [0.2, 0.25) is 15.9 Å². The molecule has 2 aromatic rings. The minimum Gasteiger partial charge on any atom is -0.340 e. The highest BCUT2D eigenvalue weighted by Gasteiger charge is 2.34. The number of rotatable bonds is 6. The van der Waals surface area contributed by atoms with Crippen molar-refractivity contribution in [1.82, 2.24) is 14.5 Å². The van der Waals surface area contributed by atoms with Crippen LogP contribution in [0, 0.1) is 11.3 Å². The molecule has 178 valence electrons. The molecular formula is C24H31ClN4O3S. The number of hydrogen-bond donors (Lipinski definition) is 2.